The average molecular weight is 360 g/mol. The van der Waals surface area contributed by atoms with Gasteiger partial charge in [0.05, 0.1) is 6.54 Å². The molecule has 1 unspecified atom stereocenters. The van der Waals surface area contributed by atoms with Gasteiger partial charge in [-0.1, -0.05) is 0 Å². The summed E-state index contributed by atoms with van der Waals surface area (Å²) in [6, 6.07) is 2.31. The normalized spacial score (nSPS) is 21.6. The van der Waals surface area contributed by atoms with Crippen molar-refractivity contribution in [2.45, 2.75) is 52.6 Å². The minimum atomic E-state index is -0.0637. The van der Waals surface area contributed by atoms with E-state index in [2.05, 4.69) is 9.97 Å². The summed E-state index contributed by atoms with van der Waals surface area (Å²) >= 11 is 0. The summed E-state index contributed by atoms with van der Waals surface area (Å²) in [5, 5.41) is 0. The number of aryl methyl sites for hydroxylation is 2. The first kappa shape index (κ1) is 18.6. The summed E-state index contributed by atoms with van der Waals surface area (Å²) in [6.07, 6.45) is 3.27. The molecule has 3 heterocycles. The zero-order valence-electron chi connectivity index (χ0n) is 15.9. The Balaban J connectivity index is 1.56. The van der Waals surface area contributed by atoms with Crippen molar-refractivity contribution in [3.05, 3.63) is 17.5 Å². The smallest absolute Gasteiger partial charge is 0.317 e. The molecule has 1 atom stereocenters. The molecule has 0 saturated carbocycles. The van der Waals surface area contributed by atoms with Gasteiger partial charge in [-0.2, -0.15) is 0 Å². The topological polar surface area (TPSA) is 75.6 Å². The maximum absolute atomic E-state index is 12.9. The Morgan fingerprint density at radius 2 is 1.69 bits per heavy atom. The minimum absolute atomic E-state index is 0.0156. The van der Waals surface area contributed by atoms with E-state index in [1.165, 1.54) is 0 Å². The molecule has 0 radical (unpaired) electrons. The molecule has 2 fully saturated rings. The predicted octanol–water partition coefficient (Wildman–Crippen LogP) is 1.72. The van der Waals surface area contributed by atoms with E-state index in [1.807, 2.05) is 29.7 Å². The van der Waals surface area contributed by atoms with Crippen LogP contribution in [-0.2, 0) is 9.59 Å². The molecule has 26 heavy (non-hydrogen) atoms. The second kappa shape index (κ2) is 8.01. The highest BCUT2D eigenvalue weighted by Crippen LogP contribution is 2.23. The first-order chi connectivity index (χ1) is 12.4. The van der Waals surface area contributed by atoms with Crippen molar-refractivity contribution >= 4 is 11.8 Å². The van der Waals surface area contributed by atoms with Crippen LogP contribution in [0.1, 0.15) is 44.0 Å². The second-order valence-corrected chi connectivity index (χ2v) is 7.38. The quantitative estimate of drug-likeness (QED) is 0.820. The molecule has 0 spiro atoms. The molecule has 0 aromatic carbocycles. The van der Waals surface area contributed by atoms with Gasteiger partial charge in [0.15, 0.2) is 0 Å². The molecule has 1 aromatic heterocycles. The van der Waals surface area contributed by atoms with E-state index >= 15 is 0 Å². The molecule has 142 valence electrons. The van der Waals surface area contributed by atoms with Gasteiger partial charge >= 0.3 is 6.01 Å². The largest absolute Gasteiger partial charge is 0.458 e. The minimum Gasteiger partial charge on any atom is -0.458 e. The van der Waals surface area contributed by atoms with Crippen LogP contribution in [-0.4, -0.2) is 63.9 Å². The number of hydrogen-bond donors (Lipinski definition) is 0. The van der Waals surface area contributed by atoms with E-state index in [4.69, 9.17) is 4.74 Å². The fourth-order valence-electron chi connectivity index (χ4n) is 3.83. The lowest BCUT2D eigenvalue weighted by Gasteiger charge is -2.37. The van der Waals surface area contributed by atoms with Crippen LogP contribution in [0, 0.1) is 19.8 Å². The van der Waals surface area contributed by atoms with Crippen LogP contribution in [0.3, 0.4) is 0 Å². The van der Waals surface area contributed by atoms with Gasteiger partial charge in [-0.15, -0.1) is 0 Å². The molecule has 0 aliphatic carbocycles. The highest BCUT2D eigenvalue weighted by atomic mass is 16.5. The van der Waals surface area contributed by atoms with Gasteiger partial charge in [-0.05, 0) is 45.6 Å². The van der Waals surface area contributed by atoms with Gasteiger partial charge in [-0.3, -0.25) is 9.59 Å². The number of ether oxygens (including phenoxy) is 1. The maximum atomic E-state index is 12.9. The van der Waals surface area contributed by atoms with Crippen LogP contribution in [0.4, 0.5) is 0 Å². The molecule has 2 aliphatic heterocycles. The van der Waals surface area contributed by atoms with Crippen molar-refractivity contribution in [2.24, 2.45) is 5.92 Å². The highest BCUT2D eigenvalue weighted by Gasteiger charge is 2.32. The van der Waals surface area contributed by atoms with Gasteiger partial charge in [0, 0.05) is 43.9 Å². The van der Waals surface area contributed by atoms with Crippen LogP contribution < -0.4 is 4.74 Å². The van der Waals surface area contributed by atoms with Gasteiger partial charge in [0.2, 0.25) is 11.8 Å². The molecule has 7 nitrogen and oxygen atoms in total. The Hall–Kier alpha value is -2.18. The summed E-state index contributed by atoms with van der Waals surface area (Å²) in [5.74, 6) is 0.306. The van der Waals surface area contributed by atoms with Crippen molar-refractivity contribution in [3.8, 4) is 6.01 Å². The van der Waals surface area contributed by atoms with Crippen molar-refractivity contribution in [1.82, 2.24) is 19.8 Å². The Labute approximate surface area is 154 Å². The van der Waals surface area contributed by atoms with E-state index < -0.39 is 0 Å². The number of piperidine rings is 2. The van der Waals surface area contributed by atoms with Gasteiger partial charge in [0.25, 0.3) is 0 Å². The molecular formula is C19H28N4O3. The zero-order chi connectivity index (χ0) is 18.7. The third kappa shape index (κ3) is 4.51. The predicted molar refractivity (Wildman–Crippen MR) is 96.7 cm³/mol. The van der Waals surface area contributed by atoms with Crippen molar-refractivity contribution < 1.29 is 14.3 Å². The van der Waals surface area contributed by atoms with E-state index in [0.717, 1.165) is 43.6 Å². The third-order valence-electron chi connectivity index (χ3n) is 5.21. The SMILES string of the molecule is CC(=O)N1CCC(C(=O)N2CCCC(Oc3nc(C)cc(C)n3)C2)CC1. The highest BCUT2D eigenvalue weighted by molar-refractivity contribution is 5.80. The summed E-state index contributed by atoms with van der Waals surface area (Å²) in [6.45, 7) is 8.15. The van der Waals surface area contributed by atoms with Crippen LogP contribution in [0.2, 0.25) is 0 Å². The Kier molecular flexibility index (Phi) is 5.74. The molecule has 2 aliphatic rings. The third-order valence-corrected chi connectivity index (χ3v) is 5.21. The van der Waals surface area contributed by atoms with E-state index in [9.17, 15) is 9.59 Å². The fraction of sp³-hybridized carbons (Fsp3) is 0.684. The molecular weight excluding hydrogens is 332 g/mol. The number of carbonyl (C=O) groups excluding carboxylic acids is 2. The number of likely N-dealkylation sites (tertiary alicyclic amines) is 2. The summed E-state index contributed by atoms with van der Waals surface area (Å²) in [5.41, 5.74) is 1.77. The van der Waals surface area contributed by atoms with Crippen molar-refractivity contribution in [1.29, 1.82) is 0 Å². The van der Waals surface area contributed by atoms with Crippen molar-refractivity contribution in [3.63, 3.8) is 0 Å². The lowest BCUT2D eigenvalue weighted by atomic mass is 9.94. The number of hydrogen-bond acceptors (Lipinski definition) is 5. The maximum Gasteiger partial charge on any atom is 0.317 e. The van der Waals surface area contributed by atoms with E-state index in [-0.39, 0.29) is 23.8 Å². The Morgan fingerprint density at radius 1 is 1.04 bits per heavy atom. The van der Waals surface area contributed by atoms with E-state index in [1.54, 1.807) is 6.92 Å². The Morgan fingerprint density at radius 3 is 2.31 bits per heavy atom. The Bertz CT molecular complexity index is 650. The number of amides is 2. The number of carbonyl (C=O) groups is 2. The van der Waals surface area contributed by atoms with Gasteiger partial charge < -0.3 is 14.5 Å². The van der Waals surface area contributed by atoms with Gasteiger partial charge in [-0.25, -0.2) is 9.97 Å². The van der Waals surface area contributed by atoms with Crippen LogP contribution >= 0.6 is 0 Å². The monoisotopic (exact) mass is 360 g/mol. The second-order valence-electron chi connectivity index (χ2n) is 7.38. The number of aromatic nitrogens is 2. The summed E-state index contributed by atoms with van der Waals surface area (Å²) in [4.78, 5) is 36.7. The first-order valence-corrected chi connectivity index (χ1v) is 9.45. The molecule has 2 amide bonds. The lowest BCUT2D eigenvalue weighted by Crippen LogP contribution is -2.49. The molecule has 0 bridgehead atoms. The van der Waals surface area contributed by atoms with Crippen LogP contribution in [0.15, 0.2) is 6.07 Å². The lowest BCUT2D eigenvalue weighted by molar-refractivity contribution is -0.142. The fourth-order valence-corrected chi connectivity index (χ4v) is 3.83. The average Bonchev–Trinajstić information content (AvgIpc) is 2.60. The standard InChI is InChI=1S/C19H28N4O3/c1-13-11-14(2)21-19(20-13)26-17-5-4-8-23(12-17)18(25)16-6-9-22(10-7-16)15(3)24/h11,16-17H,4-10,12H2,1-3H3. The zero-order valence-corrected chi connectivity index (χ0v) is 15.9. The molecule has 3 rings (SSSR count). The molecule has 1 aromatic rings. The van der Waals surface area contributed by atoms with Crippen LogP contribution in [0.5, 0.6) is 6.01 Å². The summed E-state index contributed by atoms with van der Waals surface area (Å²) < 4.78 is 5.96. The molecule has 0 N–H and O–H groups in total. The number of rotatable bonds is 3. The summed E-state index contributed by atoms with van der Waals surface area (Å²) in [7, 11) is 0. The first-order valence-electron chi connectivity index (χ1n) is 9.45. The number of nitrogens with zero attached hydrogens (tertiary/aromatic N) is 4. The van der Waals surface area contributed by atoms with Crippen molar-refractivity contribution in [2.75, 3.05) is 26.2 Å². The van der Waals surface area contributed by atoms with E-state index in [0.29, 0.717) is 25.6 Å². The van der Waals surface area contributed by atoms with Crippen LogP contribution in [0.25, 0.3) is 0 Å². The molecule has 7 heteroatoms. The molecule has 2 saturated heterocycles. The van der Waals surface area contributed by atoms with Gasteiger partial charge in [0.1, 0.15) is 6.10 Å².